The first-order valence-corrected chi connectivity index (χ1v) is 6.11. The summed E-state index contributed by atoms with van der Waals surface area (Å²) in [5.74, 6) is 1.23. The summed E-state index contributed by atoms with van der Waals surface area (Å²) in [6, 6.07) is 3.76. The summed E-state index contributed by atoms with van der Waals surface area (Å²) in [7, 11) is 1.55. The number of aryl methyl sites for hydroxylation is 2. The van der Waals surface area contributed by atoms with Crippen LogP contribution in [-0.2, 0) is 6.42 Å². The molecule has 1 aromatic heterocycles. The van der Waals surface area contributed by atoms with Crippen LogP contribution in [0.25, 0.3) is 11.4 Å². The Bertz CT molecular complexity index is 595. The van der Waals surface area contributed by atoms with Crippen LogP contribution in [0.1, 0.15) is 17.0 Å². The number of hydrogen-bond acceptors (Lipinski definition) is 3. The Labute approximate surface area is 112 Å². The Kier molecular flexibility index (Phi) is 3.60. The van der Waals surface area contributed by atoms with Crippen LogP contribution in [0.4, 0.5) is 0 Å². The lowest BCUT2D eigenvalue weighted by molar-refractivity contribution is 0.371. The van der Waals surface area contributed by atoms with Crippen molar-refractivity contribution >= 4 is 0 Å². The van der Waals surface area contributed by atoms with E-state index in [1.165, 1.54) is 0 Å². The van der Waals surface area contributed by atoms with E-state index in [0.29, 0.717) is 23.6 Å². The normalized spacial score (nSPS) is 10.5. The smallest absolute Gasteiger partial charge is 0.169 e. The summed E-state index contributed by atoms with van der Waals surface area (Å²) >= 11 is 0. The Morgan fingerprint density at radius 2 is 2.16 bits per heavy atom. The van der Waals surface area contributed by atoms with Gasteiger partial charge in [0.05, 0.1) is 18.4 Å². The zero-order valence-corrected chi connectivity index (χ0v) is 11.4. The number of allylic oxidation sites excluding steroid dienone is 1. The summed E-state index contributed by atoms with van der Waals surface area (Å²) in [6.07, 6.45) is 2.42. The first-order valence-electron chi connectivity index (χ1n) is 6.11. The molecule has 0 radical (unpaired) electrons. The van der Waals surface area contributed by atoms with E-state index < -0.39 is 0 Å². The molecule has 2 N–H and O–H groups in total. The van der Waals surface area contributed by atoms with Crippen LogP contribution in [0.3, 0.4) is 0 Å². The number of nitrogens with one attached hydrogen (secondary N) is 1. The number of hydrogen-bond donors (Lipinski definition) is 2. The van der Waals surface area contributed by atoms with Gasteiger partial charge in [-0.2, -0.15) is 0 Å². The maximum Gasteiger partial charge on any atom is 0.169 e. The van der Waals surface area contributed by atoms with Crippen LogP contribution in [0, 0.1) is 13.8 Å². The third kappa shape index (κ3) is 2.34. The molecule has 0 aliphatic rings. The number of phenols is 1. The number of aromatic nitrogens is 2. The number of aromatic amines is 1. The fraction of sp³-hybridized carbons (Fsp3) is 0.267. The van der Waals surface area contributed by atoms with Gasteiger partial charge in [-0.15, -0.1) is 6.58 Å². The second-order valence-electron chi connectivity index (χ2n) is 4.44. The summed E-state index contributed by atoms with van der Waals surface area (Å²) < 4.78 is 5.29. The highest BCUT2D eigenvalue weighted by Crippen LogP contribution is 2.39. The zero-order valence-electron chi connectivity index (χ0n) is 11.4. The fourth-order valence-electron chi connectivity index (χ4n) is 2.02. The third-order valence-electron chi connectivity index (χ3n) is 3.16. The lowest BCUT2D eigenvalue weighted by Crippen LogP contribution is -1.94. The van der Waals surface area contributed by atoms with Crippen molar-refractivity contribution < 1.29 is 9.84 Å². The summed E-state index contributed by atoms with van der Waals surface area (Å²) in [5.41, 5.74) is 3.45. The Hall–Kier alpha value is -2.23. The predicted molar refractivity (Wildman–Crippen MR) is 75.6 cm³/mol. The molecule has 1 aromatic carbocycles. The van der Waals surface area contributed by atoms with Crippen LogP contribution >= 0.6 is 0 Å². The van der Waals surface area contributed by atoms with Crippen LogP contribution < -0.4 is 4.74 Å². The monoisotopic (exact) mass is 258 g/mol. The lowest BCUT2D eigenvalue weighted by atomic mass is 10.1. The molecule has 100 valence electrons. The number of benzene rings is 1. The number of H-pyrrole nitrogens is 1. The van der Waals surface area contributed by atoms with Crippen LogP contribution in [0.2, 0.25) is 0 Å². The van der Waals surface area contributed by atoms with Gasteiger partial charge in [-0.1, -0.05) is 12.1 Å². The standard InChI is InChI=1S/C15H18N2O2/c1-5-6-11-7-8-12(13(18)14(11)19-4)15-16-9(2)10(3)17-15/h5,7-8,18H,1,6H2,2-4H3,(H,16,17). The number of rotatable bonds is 4. The van der Waals surface area contributed by atoms with Crippen molar-refractivity contribution in [3.63, 3.8) is 0 Å². The van der Waals surface area contributed by atoms with Crippen molar-refractivity contribution in [1.82, 2.24) is 9.97 Å². The number of aromatic hydroxyl groups is 1. The van der Waals surface area contributed by atoms with Gasteiger partial charge in [0.2, 0.25) is 0 Å². The molecule has 0 spiro atoms. The summed E-state index contributed by atoms with van der Waals surface area (Å²) in [5, 5.41) is 10.3. The molecule has 0 atom stereocenters. The van der Waals surface area contributed by atoms with E-state index in [0.717, 1.165) is 17.0 Å². The molecule has 19 heavy (non-hydrogen) atoms. The van der Waals surface area contributed by atoms with Gasteiger partial charge in [0, 0.05) is 11.3 Å². The molecule has 0 saturated carbocycles. The Morgan fingerprint density at radius 1 is 1.42 bits per heavy atom. The van der Waals surface area contributed by atoms with Crippen molar-refractivity contribution in [2.24, 2.45) is 0 Å². The quantitative estimate of drug-likeness (QED) is 0.828. The van der Waals surface area contributed by atoms with E-state index in [1.54, 1.807) is 13.2 Å². The molecule has 0 saturated heterocycles. The van der Waals surface area contributed by atoms with Crippen molar-refractivity contribution in [3.05, 3.63) is 41.7 Å². The third-order valence-corrected chi connectivity index (χ3v) is 3.16. The van der Waals surface area contributed by atoms with E-state index in [9.17, 15) is 5.11 Å². The fourth-order valence-corrected chi connectivity index (χ4v) is 2.02. The number of imidazole rings is 1. The molecule has 2 rings (SSSR count). The number of ether oxygens (including phenoxy) is 1. The Morgan fingerprint density at radius 3 is 2.68 bits per heavy atom. The number of methoxy groups -OCH3 is 1. The van der Waals surface area contributed by atoms with Gasteiger partial charge in [-0.05, 0) is 26.3 Å². The SMILES string of the molecule is C=CCc1ccc(-c2nc(C)c(C)[nH]2)c(O)c1OC. The molecular weight excluding hydrogens is 240 g/mol. The van der Waals surface area contributed by atoms with Crippen molar-refractivity contribution in [2.45, 2.75) is 20.3 Å². The molecule has 0 unspecified atom stereocenters. The van der Waals surface area contributed by atoms with E-state index >= 15 is 0 Å². The molecule has 0 fully saturated rings. The second kappa shape index (κ2) is 5.18. The molecule has 0 amide bonds. The molecule has 1 heterocycles. The van der Waals surface area contributed by atoms with Gasteiger partial charge >= 0.3 is 0 Å². The predicted octanol–water partition coefficient (Wildman–Crippen LogP) is 3.14. The van der Waals surface area contributed by atoms with E-state index in [4.69, 9.17) is 4.74 Å². The molecule has 0 bridgehead atoms. The largest absolute Gasteiger partial charge is 0.504 e. The van der Waals surface area contributed by atoms with E-state index in [1.807, 2.05) is 26.0 Å². The first kappa shape index (κ1) is 13.2. The minimum Gasteiger partial charge on any atom is -0.504 e. The average Bonchev–Trinajstić information content (AvgIpc) is 2.70. The molecular formula is C15H18N2O2. The topological polar surface area (TPSA) is 58.1 Å². The van der Waals surface area contributed by atoms with E-state index in [2.05, 4.69) is 16.5 Å². The van der Waals surface area contributed by atoms with Gasteiger partial charge in [0.15, 0.2) is 11.5 Å². The van der Waals surface area contributed by atoms with Gasteiger partial charge in [-0.25, -0.2) is 4.98 Å². The van der Waals surface area contributed by atoms with E-state index in [-0.39, 0.29) is 5.75 Å². The highest BCUT2D eigenvalue weighted by Gasteiger charge is 2.16. The average molecular weight is 258 g/mol. The highest BCUT2D eigenvalue weighted by molar-refractivity contribution is 5.70. The maximum absolute atomic E-state index is 10.3. The number of phenolic OH excluding ortho intramolecular Hbond substituents is 1. The Balaban J connectivity index is 2.56. The van der Waals surface area contributed by atoms with Crippen LogP contribution in [0.15, 0.2) is 24.8 Å². The van der Waals surface area contributed by atoms with Gasteiger partial charge in [-0.3, -0.25) is 0 Å². The summed E-state index contributed by atoms with van der Waals surface area (Å²) in [4.78, 5) is 7.56. The molecule has 2 aromatic rings. The zero-order chi connectivity index (χ0) is 14.0. The minimum atomic E-state index is 0.107. The lowest BCUT2D eigenvalue weighted by Gasteiger charge is -2.11. The molecule has 0 aliphatic carbocycles. The number of nitrogens with zero attached hydrogens (tertiary/aromatic N) is 1. The summed E-state index contributed by atoms with van der Waals surface area (Å²) in [6.45, 7) is 7.58. The minimum absolute atomic E-state index is 0.107. The van der Waals surface area contributed by atoms with Crippen LogP contribution in [-0.4, -0.2) is 22.2 Å². The van der Waals surface area contributed by atoms with Crippen molar-refractivity contribution in [1.29, 1.82) is 0 Å². The van der Waals surface area contributed by atoms with Crippen LogP contribution in [0.5, 0.6) is 11.5 Å². The second-order valence-corrected chi connectivity index (χ2v) is 4.44. The van der Waals surface area contributed by atoms with Gasteiger partial charge < -0.3 is 14.8 Å². The molecule has 4 heteroatoms. The maximum atomic E-state index is 10.3. The van der Waals surface area contributed by atoms with Gasteiger partial charge in [0.1, 0.15) is 5.82 Å². The first-order chi connectivity index (χ1) is 9.08. The molecule has 4 nitrogen and oxygen atoms in total. The molecule has 0 aliphatic heterocycles. The highest BCUT2D eigenvalue weighted by atomic mass is 16.5. The van der Waals surface area contributed by atoms with Crippen molar-refractivity contribution in [2.75, 3.05) is 7.11 Å². The van der Waals surface area contributed by atoms with Gasteiger partial charge in [0.25, 0.3) is 0 Å². The van der Waals surface area contributed by atoms with Crippen molar-refractivity contribution in [3.8, 4) is 22.9 Å².